The fourth-order valence-corrected chi connectivity index (χ4v) is 4.19. The van der Waals surface area contributed by atoms with E-state index < -0.39 is 0 Å². The van der Waals surface area contributed by atoms with E-state index in [9.17, 15) is 0 Å². The van der Waals surface area contributed by atoms with Crippen LogP contribution in [0, 0.1) is 0 Å². The minimum absolute atomic E-state index is 0.315. The molecule has 1 heteroatoms. The van der Waals surface area contributed by atoms with Crippen LogP contribution in [0.2, 0.25) is 0 Å². The monoisotopic (exact) mass is 276 g/mol. The van der Waals surface area contributed by atoms with Crippen LogP contribution in [0.4, 0.5) is 0 Å². The summed E-state index contributed by atoms with van der Waals surface area (Å²) in [5.41, 5.74) is 2.65. The molecule has 3 aromatic rings. The lowest BCUT2D eigenvalue weighted by atomic mass is 10.1. The van der Waals surface area contributed by atoms with Gasteiger partial charge in [-0.15, -0.1) is 0 Å². The van der Waals surface area contributed by atoms with E-state index in [1.807, 2.05) is 0 Å². The van der Waals surface area contributed by atoms with Crippen molar-refractivity contribution in [1.29, 1.82) is 0 Å². The van der Waals surface area contributed by atoms with Gasteiger partial charge in [-0.05, 0) is 36.3 Å². The van der Waals surface area contributed by atoms with Crippen molar-refractivity contribution in [1.82, 2.24) is 0 Å². The highest BCUT2D eigenvalue weighted by Gasteiger charge is 2.12. The van der Waals surface area contributed by atoms with Crippen molar-refractivity contribution in [3.8, 4) is 11.1 Å². The number of rotatable bonds is 3. The van der Waals surface area contributed by atoms with Crippen LogP contribution < -0.4 is 10.6 Å². The van der Waals surface area contributed by atoms with E-state index in [0.717, 1.165) is 0 Å². The van der Waals surface area contributed by atoms with Gasteiger partial charge in [-0.25, -0.2) is 0 Å². The SMILES string of the molecule is CP(c1ccccc1)c1ccccc1-c1ccccc1. The van der Waals surface area contributed by atoms with E-state index in [1.165, 1.54) is 21.7 Å². The van der Waals surface area contributed by atoms with Gasteiger partial charge in [0, 0.05) is 0 Å². The Bertz CT molecular complexity index is 674. The summed E-state index contributed by atoms with van der Waals surface area (Å²) in [6.45, 7) is 2.34. The third-order valence-corrected chi connectivity index (χ3v) is 5.68. The highest BCUT2D eigenvalue weighted by atomic mass is 31.1. The molecule has 0 fully saturated rings. The first-order valence-corrected chi connectivity index (χ1v) is 8.58. The lowest BCUT2D eigenvalue weighted by Crippen LogP contribution is -2.12. The molecule has 0 bridgehead atoms. The fourth-order valence-electron chi connectivity index (χ4n) is 2.42. The predicted octanol–water partition coefficient (Wildman–Crippen LogP) is 4.42. The van der Waals surface area contributed by atoms with Crippen molar-refractivity contribution in [2.75, 3.05) is 6.66 Å². The van der Waals surface area contributed by atoms with Crippen LogP contribution in [0.5, 0.6) is 0 Å². The van der Waals surface area contributed by atoms with E-state index in [-0.39, 0.29) is 7.92 Å². The van der Waals surface area contributed by atoms with Crippen molar-refractivity contribution >= 4 is 18.5 Å². The molecule has 20 heavy (non-hydrogen) atoms. The Labute approximate surface area is 121 Å². The summed E-state index contributed by atoms with van der Waals surface area (Å²) in [6, 6.07) is 30.2. The van der Waals surface area contributed by atoms with Crippen LogP contribution >= 0.6 is 7.92 Å². The number of benzene rings is 3. The molecule has 0 N–H and O–H groups in total. The molecule has 0 heterocycles. The smallest absolute Gasteiger partial charge is 0.0104 e. The van der Waals surface area contributed by atoms with Crippen LogP contribution in [0.3, 0.4) is 0 Å². The second-order valence-corrected chi connectivity index (χ2v) is 6.89. The zero-order chi connectivity index (χ0) is 13.8. The average Bonchev–Trinajstić information content (AvgIpc) is 2.56. The third kappa shape index (κ3) is 2.66. The molecule has 0 spiro atoms. The fraction of sp³-hybridized carbons (Fsp3) is 0.0526. The molecular formula is C19H17P. The first-order valence-electron chi connectivity index (χ1n) is 6.79. The number of hydrogen-bond donors (Lipinski definition) is 0. The van der Waals surface area contributed by atoms with Gasteiger partial charge in [0.15, 0.2) is 0 Å². The standard InChI is InChI=1S/C19H17P/c1-20(17-12-6-3-7-13-17)19-15-9-8-14-18(19)16-10-4-2-5-11-16/h2-15H,1H3. The molecule has 0 nitrogen and oxygen atoms in total. The second-order valence-electron chi connectivity index (χ2n) is 4.78. The van der Waals surface area contributed by atoms with Crippen molar-refractivity contribution in [3.05, 3.63) is 84.9 Å². The lowest BCUT2D eigenvalue weighted by Gasteiger charge is -2.17. The highest BCUT2D eigenvalue weighted by molar-refractivity contribution is 7.72. The van der Waals surface area contributed by atoms with Crippen molar-refractivity contribution < 1.29 is 0 Å². The Morgan fingerprint density at radius 3 is 1.85 bits per heavy atom. The first-order chi connectivity index (χ1) is 9.86. The van der Waals surface area contributed by atoms with Gasteiger partial charge in [0.1, 0.15) is 0 Å². The Hall–Kier alpha value is -1.91. The molecule has 0 saturated carbocycles. The average molecular weight is 276 g/mol. The molecule has 0 radical (unpaired) electrons. The van der Waals surface area contributed by atoms with Gasteiger partial charge in [-0.1, -0.05) is 84.9 Å². The predicted molar refractivity (Wildman–Crippen MR) is 90.4 cm³/mol. The molecule has 0 aliphatic heterocycles. The Morgan fingerprint density at radius 1 is 0.600 bits per heavy atom. The van der Waals surface area contributed by atoms with E-state index in [1.54, 1.807) is 0 Å². The number of hydrogen-bond acceptors (Lipinski definition) is 0. The maximum absolute atomic E-state index is 2.34. The van der Waals surface area contributed by atoms with Gasteiger partial charge < -0.3 is 0 Å². The van der Waals surface area contributed by atoms with E-state index >= 15 is 0 Å². The zero-order valence-corrected chi connectivity index (χ0v) is 12.4. The zero-order valence-electron chi connectivity index (χ0n) is 11.5. The topological polar surface area (TPSA) is 0 Å². The molecule has 1 atom stereocenters. The van der Waals surface area contributed by atoms with Crippen LogP contribution in [0.1, 0.15) is 0 Å². The minimum atomic E-state index is -0.315. The summed E-state index contributed by atoms with van der Waals surface area (Å²) in [5, 5.41) is 2.87. The van der Waals surface area contributed by atoms with Gasteiger partial charge in [0.05, 0.1) is 0 Å². The van der Waals surface area contributed by atoms with Gasteiger partial charge >= 0.3 is 0 Å². The van der Waals surface area contributed by atoms with Crippen LogP contribution in [-0.2, 0) is 0 Å². The molecule has 98 valence electrons. The Balaban J connectivity index is 2.07. The van der Waals surface area contributed by atoms with E-state index in [0.29, 0.717) is 0 Å². The van der Waals surface area contributed by atoms with Crippen molar-refractivity contribution in [2.24, 2.45) is 0 Å². The molecule has 0 amide bonds. The highest BCUT2D eigenvalue weighted by Crippen LogP contribution is 2.33. The third-order valence-electron chi connectivity index (χ3n) is 3.49. The summed E-state index contributed by atoms with van der Waals surface area (Å²) in [7, 11) is -0.315. The molecule has 0 saturated heterocycles. The van der Waals surface area contributed by atoms with Crippen LogP contribution in [-0.4, -0.2) is 6.66 Å². The molecule has 0 aliphatic carbocycles. The summed E-state index contributed by atoms with van der Waals surface area (Å²) < 4.78 is 0. The van der Waals surface area contributed by atoms with Crippen LogP contribution in [0.15, 0.2) is 84.9 Å². The molecule has 3 aromatic carbocycles. The van der Waals surface area contributed by atoms with Gasteiger partial charge in [0.25, 0.3) is 0 Å². The van der Waals surface area contributed by atoms with Crippen LogP contribution in [0.25, 0.3) is 11.1 Å². The second kappa shape index (κ2) is 6.03. The van der Waals surface area contributed by atoms with Crippen molar-refractivity contribution in [2.45, 2.75) is 0 Å². The summed E-state index contributed by atoms with van der Waals surface area (Å²) in [5.74, 6) is 0. The molecule has 3 rings (SSSR count). The largest absolute Gasteiger partial charge is 0.0622 e. The van der Waals surface area contributed by atoms with Gasteiger partial charge in [-0.3, -0.25) is 0 Å². The Kier molecular flexibility index (Phi) is 3.95. The molecule has 0 aromatic heterocycles. The summed E-state index contributed by atoms with van der Waals surface area (Å²) in [4.78, 5) is 0. The van der Waals surface area contributed by atoms with Gasteiger partial charge in [-0.2, -0.15) is 0 Å². The first kappa shape index (κ1) is 13.1. The quantitative estimate of drug-likeness (QED) is 0.621. The molecule has 1 unspecified atom stereocenters. The maximum atomic E-state index is 2.34. The molecular weight excluding hydrogens is 259 g/mol. The van der Waals surface area contributed by atoms with E-state index in [2.05, 4.69) is 91.6 Å². The summed E-state index contributed by atoms with van der Waals surface area (Å²) >= 11 is 0. The maximum Gasteiger partial charge on any atom is -0.0104 e. The summed E-state index contributed by atoms with van der Waals surface area (Å²) in [6.07, 6.45) is 0. The lowest BCUT2D eigenvalue weighted by molar-refractivity contribution is 1.65. The normalized spacial score (nSPS) is 12.1. The minimum Gasteiger partial charge on any atom is -0.0622 e. The van der Waals surface area contributed by atoms with E-state index in [4.69, 9.17) is 0 Å². The van der Waals surface area contributed by atoms with Crippen molar-refractivity contribution in [3.63, 3.8) is 0 Å². The molecule has 0 aliphatic rings. The van der Waals surface area contributed by atoms with Gasteiger partial charge in [0.2, 0.25) is 0 Å². The Morgan fingerprint density at radius 2 is 1.15 bits per heavy atom.